The fourth-order valence-corrected chi connectivity index (χ4v) is 3.62. The normalized spacial score (nSPS) is 11.0. The lowest BCUT2D eigenvalue weighted by Gasteiger charge is -2.22. The van der Waals surface area contributed by atoms with Crippen molar-refractivity contribution in [2.24, 2.45) is 4.99 Å². The number of carbonyl (C=O) groups is 1. The van der Waals surface area contributed by atoms with Crippen molar-refractivity contribution in [2.45, 2.75) is 33.7 Å². The van der Waals surface area contributed by atoms with Gasteiger partial charge in [0, 0.05) is 43.7 Å². The Balaban J connectivity index is 0.00000420. The summed E-state index contributed by atoms with van der Waals surface area (Å²) in [6.07, 6.45) is 1.01. The molecule has 0 atom stereocenters. The maximum Gasteiger partial charge on any atom is 0.253 e. The second-order valence-electron chi connectivity index (χ2n) is 6.60. The number of hydrogen-bond acceptors (Lipinski definition) is 3. The molecule has 29 heavy (non-hydrogen) atoms. The maximum atomic E-state index is 12.4. The van der Waals surface area contributed by atoms with Gasteiger partial charge >= 0.3 is 0 Å². The van der Waals surface area contributed by atoms with Gasteiger partial charge in [-0.3, -0.25) is 4.79 Å². The van der Waals surface area contributed by atoms with Crippen LogP contribution in [-0.2, 0) is 13.0 Å². The highest BCUT2D eigenvalue weighted by Gasteiger charge is 2.12. The number of nitrogens with zero attached hydrogens (tertiary/aromatic N) is 3. The van der Waals surface area contributed by atoms with E-state index in [1.165, 1.54) is 4.88 Å². The van der Waals surface area contributed by atoms with E-state index < -0.39 is 0 Å². The monoisotopic (exact) mass is 528 g/mol. The van der Waals surface area contributed by atoms with Crippen molar-refractivity contribution in [1.29, 1.82) is 0 Å². The highest BCUT2D eigenvalue weighted by molar-refractivity contribution is 14.0. The molecule has 1 amide bonds. The van der Waals surface area contributed by atoms with E-state index in [1.807, 2.05) is 43.0 Å². The molecule has 0 aliphatic rings. The Hall–Kier alpha value is -1.61. The van der Waals surface area contributed by atoms with Crippen LogP contribution >= 0.6 is 35.3 Å². The van der Waals surface area contributed by atoms with Gasteiger partial charge in [-0.05, 0) is 56.3 Å². The number of thiophene rings is 1. The molecule has 1 aromatic carbocycles. The van der Waals surface area contributed by atoms with Crippen LogP contribution < -0.4 is 5.32 Å². The van der Waals surface area contributed by atoms with Crippen LogP contribution in [0.25, 0.3) is 0 Å². The van der Waals surface area contributed by atoms with Crippen LogP contribution in [0.4, 0.5) is 0 Å². The summed E-state index contributed by atoms with van der Waals surface area (Å²) in [4.78, 5) is 22.6. The van der Waals surface area contributed by atoms with Crippen molar-refractivity contribution in [1.82, 2.24) is 15.1 Å². The first kappa shape index (κ1) is 25.4. The van der Waals surface area contributed by atoms with E-state index >= 15 is 0 Å². The number of guanidine groups is 1. The number of likely N-dealkylation sites (N-methyl/N-ethyl adjacent to an activating group) is 1. The Morgan fingerprint density at radius 3 is 2.34 bits per heavy atom. The van der Waals surface area contributed by atoms with Gasteiger partial charge in [0.05, 0.1) is 6.54 Å². The summed E-state index contributed by atoms with van der Waals surface area (Å²) in [6.45, 7) is 9.88. The van der Waals surface area contributed by atoms with Crippen molar-refractivity contribution in [3.05, 3.63) is 57.8 Å². The minimum absolute atomic E-state index is 0. The molecular formula is C22H33IN4OS. The van der Waals surface area contributed by atoms with Crippen LogP contribution in [0.1, 0.15) is 41.6 Å². The number of benzene rings is 1. The smallest absolute Gasteiger partial charge is 0.253 e. The summed E-state index contributed by atoms with van der Waals surface area (Å²) in [5.41, 5.74) is 1.83. The second-order valence-corrected chi connectivity index (χ2v) is 7.63. The van der Waals surface area contributed by atoms with Crippen LogP contribution in [0, 0.1) is 0 Å². The van der Waals surface area contributed by atoms with Gasteiger partial charge in [-0.2, -0.15) is 0 Å². The fourth-order valence-electron chi connectivity index (χ4n) is 2.92. The first-order valence-electron chi connectivity index (χ1n) is 9.99. The van der Waals surface area contributed by atoms with E-state index in [1.54, 1.807) is 11.3 Å². The molecule has 0 saturated carbocycles. The van der Waals surface area contributed by atoms with E-state index in [0.717, 1.165) is 49.7 Å². The highest BCUT2D eigenvalue weighted by atomic mass is 127. The second kappa shape index (κ2) is 13.6. The Morgan fingerprint density at radius 2 is 1.79 bits per heavy atom. The molecule has 0 radical (unpaired) electrons. The van der Waals surface area contributed by atoms with Crippen LogP contribution in [-0.4, -0.2) is 54.9 Å². The standard InChI is InChI=1S/C22H32N4OS.HI/c1-5-23-22(25(4)15-14-20-9-8-16-28-20)24-17-18-10-12-19(13-11-18)21(27)26(6-2)7-3;/h8-13,16H,5-7,14-15,17H2,1-4H3,(H,23,24);1H. The van der Waals surface area contributed by atoms with Gasteiger partial charge < -0.3 is 15.1 Å². The Labute approximate surface area is 196 Å². The molecule has 0 aliphatic carbocycles. The predicted octanol–water partition coefficient (Wildman–Crippen LogP) is 4.49. The van der Waals surface area contributed by atoms with Gasteiger partial charge in [-0.1, -0.05) is 18.2 Å². The molecule has 2 aromatic rings. The molecule has 0 spiro atoms. The first-order chi connectivity index (χ1) is 13.6. The molecule has 0 bridgehead atoms. The minimum Gasteiger partial charge on any atom is -0.357 e. The summed E-state index contributed by atoms with van der Waals surface area (Å²) < 4.78 is 0. The molecule has 1 N–H and O–H groups in total. The van der Waals surface area contributed by atoms with Gasteiger partial charge in [0.2, 0.25) is 0 Å². The maximum absolute atomic E-state index is 12.4. The molecule has 0 fully saturated rings. The number of hydrogen-bond donors (Lipinski definition) is 1. The summed E-state index contributed by atoms with van der Waals surface area (Å²) in [5, 5.41) is 5.48. The van der Waals surface area contributed by atoms with Crippen LogP contribution in [0.3, 0.4) is 0 Å². The van der Waals surface area contributed by atoms with Crippen LogP contribution in [0.15, 0.2) is 46.8 Å². The number of carbonyl (C=O) groups excluding carboxylic acids is 1. The first-order valence-corrected chi connectivity index (χ1v) is 10.9. The SMILES string of the molecule is CCNC(=NCc1ccc(C(=O)N(CC)CC)cc1)N(C)CCc1cccs1.I. The summed E-state index contributed by atoms with van der Waals surface area (Å²) >= 11 is 1.79. The van der Waals surface area contributed by atoms with Gasteiger partial charge in [0.1, 0.15) is 0 Å². The predicted molar refractivity (Wildman–Crippen MR) is 135 cm³/mol. The van der Waals surface area contributed by atoms with Crippen LogP contribution in [0.2, 0.25) is 0 Å². The Kier molecular flexibility index (Phi) is 11.9. The average molecular weight is 529 g/mol. The molecule has 1 aromatic heterocycles. The zero-order chi connectivity index (χ0) is 20.4. The van der Waals surface area contributed by atoms with E-state index in [2.05, 4.69) is 41.7 Å². The molecule has 7 heteroatoms. The average Bonchev–Trinajstić information content (AvgIpc) is 3.24. The van der Waals surface area contributed by atoms with Gasteiger partial charge in [0.15, 0.2) is 5.96 Å². The highest BCUT2D eigenvalue weighted by Crippen LogP contribution is 2.11. The quantitative estimate of drug-likeness (QED) is 0.297. The number of amides is 1. The molecule has 0 aliphatic heterocycles. The van der Waals surface area contributed by atoms with Crippen molar-refractivity contribution in [3.8, 4) is 0 Å². The summed E-state index contributed by atoms with van der Waals surface area (Å²) in [6, 6.07) is 12.1. The zero-order valence-corrected chi connectivity index (χ0v) is 21.0. The summed E-state index contributed by atoms with van der Waals surface area (Å²) in [7, 11) is 2.07. The molecule has 0 saturated heterocycles. The number of halogens is 1. The van der Waals surface area contributed by atoms with E-state index in [9.17, 15) is 4.79 Å². The zero-order valence-electron chi connectivity index (χ0n) is 17.9. The molecule has 0 unspecified atom stereocenters. The molecule has 2 rings (SSSR count). The third-order valence-corrected chi connectivity index (χ3v) is 5.57. The van der Waals surface area contributed by atoms with Gasteiger partial charge in [-0.25, -0.2) is 4.99 Å². The number of aliphatic imine (C=N–C) groups is 1. The molecule has 160 valence electrons. The lowest BCUT2D eigenvalue weighted by molar-refractivity contribution is 0.0773. The Morgan fingerprint density at radius 1 is 1.10 bits per heavy atom. The third-order valence-electron chi connectivity index (χ3n) is 4.63. The Bertz CT molecular complexity index is 743. The van der Waals surface area contributed by atoms with E-state index in [4.69, 9.17) is 4.99 Å². The van der Waals surface area contributed by atoms with Crippen LogP contribution in [0.5, 0.6) is 0 Å². The van der Waals surface area contributed by atoms with Crippen molar-refractivity contribution in [2.75, 3.05) is 33.2 Å². The number of rotatable bonds is 9. The third kappa shape index (κ3) is 7.97. The lowest BCUT2D eigenvalue weighted by Crippen LogP contribution is -2.39. The largest absolute Gasteiger partial charge is 0.357 e. The van der Waals surface area contributed by atoms with Gasteiger partial charge in [-0.15, -0.1) is 35.3 Å². The van der Waals surface area contributed by atoms with Crippen molar-refractivity contribution < 1.29 is 4.79 Å². The van der Waals surface area contributed by atoms with Crippen molar-refractivity contribution >= 4 is 47.2 Å². The number of nitrogens with one attached hydrogen (secondary N) is 1. The molecule has 1 heterocycles. The minimum atomic E-state index is 0. The van der Waals surface area contributed by atoms with Crippen molar-refractivity contribution in [3.63, 3.8) is 0 Å². The topological polar surface area (TPSA) is 47.9 Å². The molecule has 5 nitrogen and oxygen atoms in total. The molecular weight excluding hydrogens is 495 g/mol. The van der Waals surface area contributed by atoms with E-state index in [0.29, 0.717) is 6.54 Å². The fraction of sp³-hybridized carbons (Fsp3) is 0.455. The lowest BCUT2D eigenvalue weighted by atomic mass is 10.1. The summed E-state index contributed by atoms with van der Waals surface area (Å²) in [5.74, 6) is 0.990. The van der Waals surface area contributed by atoms with E-state index in [-0.39, 0.29) is 29.9 Å². The van der Waals surface area contributed by atoms with Gasteiger partial charge in [0.25, 0.3) is 5.91 Å².